The van der Waals surface area contributed by atoms with Crippen LogP contribution >= 0.6 is 15.9 Å². The number of nitrogens with one attached hydrogen (secondary N) is 1. The monoisotopic (exact) mass is 413 g/mol. The zero-order valence-corrected chi connectivity index (χ0v) is 16.1. The van der Waals surface area contributed by atoms with Crippen LogP contribution in [0.3, 0.4) is 0 Å². The first kappa shape index (κ1) is 18.6. The lowest BCUT2D eigenvalue weighted by atomic mass is 10.1. The molecule has 2 aliphatic heterocycles. The third-order valence-corrected chi connectivity index (χ3v) is 4.90. The van der Waals surface area contributed by atoms with Crippen LogP contribution in [0.25, 0.3) is 0 Å². The lowest BCUT2D eigenvalue weighted by Gasteiger charge is -2.37. The highest BCUT2D eigenvalue weighted by atomic mass is 79.9. The Labute approximate surface area is 156 Å². The van der Waals surface area contributed by atoms with E-state index in [9.17, 15) is 4.39 Å². The summed E-state index contributed by atoms with van der Waals surface area (Å²) in [5.41, 5.74) is 0.839. The first-order chi connectivity index (χ1) is 12.2. The van der Waals surface area contributed by atoms with Crippen molar-refractivity contribution >= 4 is 21.9 Å². The lowest BCUT2D eigenvalue weighted by molar-refractivity contribution is -0.0817. The van der Waals surface area contributed by atoms with Gasteiger partial charge in [0, 0.05) is 30.7 Å². The maximum Gasteiger partial charge on any atom is 0.194 e. The van der Waals surface area contributed by atoms with Gasteiger partial charge >= 0.3 is 0 Å². The summed E-state index contributed by atoms with van der Waals surface area (Å²) in [6.45, 7) is 6.32. The predicted octanol–water partition coefficient (Wildman–Crippen LogP) is 2.93. The first-order valence-electron chi connectivity index (χ1n) is 8.87. The highest BCUT2D eigenvalue weighted by molar-refractivity contribution is 9.10. The van der Waals surface area contributed by atoms with Gasteiger partial charge in [-0.15, -0.1) is 0 Å². The summed E-state index contributed by atoms with van der Waals surface area (Å²) >= 11 is 3.33. The van der Waals surface area contributed by atoms with Crippen molar-refractivity contribution in [2.45, 2.75) is 38.5 Å². The van der Waals surface area contributed by atoms with E-state index in [-0.39, 0.29) is 18.0 Å². The van der Waals surface area contributed by atoms with Crippen LogP contribution < -0.4 is 5.32 Å². The molecule has 2 unspecified atom stereocenters. The summed E-state index contributed by atoms with van der Waals surface area (Å²) in [5.74, 6) is 0.587. The van der Waals surface area contributed by atoms with Crippen LogP contribution in [0, 0.1) is 5.82 Å². The number of guanidine groups is 1. The Morgan fingerprint density at radius 3 is 2.88 bits per heavy atom. The second-order valence-corrected chi connectivity index (χ2v) is 7.27. The molecule has 1 N–H and O–H groups in total. The summed E-state index contributed by atoms with van der Waals surface area (Å²) in [6.07, 6.45) is 2.43. The number of aliphatic imine (C=N–C) groups is 1. The van der Waals surface area contributed by atoms with Crippen LogP contribution in [-0.4, -0.2) is 55.9 Å². The number of hydrogen-bond acceptors (Lipinski definition) is 3. The van der Waals surface area contributed by atoms with Crippen molar-refractivity contribution in [1.29, 1.82) is 0 Å². The van der Waals surface area contributed by atoms with Crippen LogP contribution in [0.5, 0.6) is 0 Å². The molecular weight excluding hydrogens is 389 g/mol. The Bertz CT molecular complexity index is 588. The largest absolute Gasteiger partial charge is 0.375 e. The van der Waals surface area contributed by atoms with E-state index in [2.05, 4.69) is 26.1 Å². The molecule has 2 fully saturated rings. The molecule has 138 valence electrons. The molecule has 1 aromatic rings. The predicted molar refractivity (Wildman–Crippen MR) is 99.2 cm³/mol. The van der Waals surface area contributed by atoms with E-state index in [4.69, 9.17) is 14.5 Å². The number of rotatable bonds is 4. The van der Waals surface area contributed by atoms with Gasteiger partial charge in [0.25, 0.3) is 0 Å². The summed E-state index contributed by atoms with van der Waals surface area (Å²) in [7, 11) is 0. The number of halogens is 2. The fraction of sp³-hybridized carbons (Fsp3) is 0.611. The molecule has 0 aromatic heterocycles. The fourth-order valence-electron chi connectivity index (χ4n) is 3.28. The second-order valence-electron chi connectivity index (χ2n) is 6.35. The standard InChI is InChI=1S/C18H25BrFN3O2/c1-2-21-18(22-11-13-8-14(19)10-15(20)9-13)23-5-7-25-17(12-23)16-4-3-6-24-16/h8-10,16-17H,2-7,11-12H2,1H3,(H,21,22). The van der Waals surface area contributed by atoms with Crippen molar-refractivity contribution in [1.82, 2.24) is 10.2 Å². The molecule has 5 nitrogen and oxygen atoms in total. The Kier molecular flexibility index (Phi) is 6.67. The molecule has 1 aromatic carbocycles. The van der Waals surface area contributed by atoms with Crippen LogP contribution in [0.4, 0.5) is 4.39 Å². The summed E-state index contributed by atoms with van der Waals surface area (Å²) in [5, 5.41) is 3.34. The molecule has 3 rings (SSSR count). The van der Waals surface area contributed by atoms with Gasteiger partial charge in [0.1, 0.15) is 11.9 Å². The Morgan fingerprint density at radius 1 is 1.32 bits per heavy atom. The number of hydrogen-bond donors (Lipinski definition) is 1. The molecular formula is C18H25BrFN3O2. The lowest BCUT2D eigenvalue weighted by Crippen LogP contribution is -2.53. The van der Waals surface area contributed by atoms with Crippen molar-refractivity contribution in [3.05, 3.63) is 34.1 Å². The Balaban J connectivity index is 1.68. The molecule has 2 saturated heterocycles. The van der Waals surface area contributed by atoms with Gasteiger partial charge in [-0.05, 0) is 43.5 Å². The Morgan fingerprint density at radius 2 is 2.16 bits per heavy atom. The topological polar surface area (TPSA) is 46.1 Å². The van der Waals surface area contributed by atoms with Crippen LogP contribution in [0.15, 0.2) is 27.7 Å². The molecule has 0 saturated carbocycles. The van der Waals surface area contributed by atoms with Gasteiger partial charge < -0.3 is 19.7 Å². The first-order valence-corrected chi connectivity index (χ1v) is 9.66. The smallest absolute Gasteiger partial charge is 0.194 e. The van der Waals surface area contributed by atoms with Crippen LogP contribution in [0.2, 0.25) is 0 Å². The second kappa shape index (κ2) is 8.96. The summed E-state index contributed by atoms with van der Waals surface area (Å²) in [4.78, 5) is 6.91. The molecule has 0 bridgehead atoms. The molecule has 0 aliphatic carbocycles. The van der Waals surface area contributed by atoms with Gasteiger partial charge in [-0.1, -0.05) is 15.9 Å². The van der Waals surface area contributed by atoms with Gasteiger partial charge in [-0.2, -0.15) is 0 Å². The van der Waals surface area contributed by atoms with Crippen molar-refractivity contribution in [2.24, 2.45) is 4.99 Å². The summed E-state index contributed by atoms with van der Waals surface area (Å²) in [6, 6.07) is 4.86. The highest BCUT2D eigenvalue weighted by Crippen LogP contribution is 2.21. The zero-order valence-electron chi connectivity index (χ0n) is 14.5. The van der Waals surface area contributed by atoms with Crippen LogP contribution in [0.1, 0.15) is 25.3 Å². The van der Waals surface area contributed by atoms with E-state index in [1.165, 1.54) is 12.1 Å². The van der Waals surface area contributed by atoms with Crippen molar-refractivity contribution < 1.29 is 13.9 Å². The third kappa shape index (κ3) is 5.15. The fourth-order valence-corrected chi connectivity index (χ4v) is 3.80. The number of ether oxygens (including phenoxy) is 2. The molecule has 0 radical (unpaired) electrons. The molecule has 25 heavy (non-hydrogen) atoms. The minimum Gasteiger partial charge on any atom is -0.375 e. The maximum atomic E-state index is 13.5. The normalized spacial score (nSPS) is 24.6. The molecule has 7 heteroatoms. The van der Waals surface area contributed by atoms with Gasteiger partial charge in [0.2, 0.25) is 0 Å². The van der Waals surface area contributed by atoms with E-state index in [0.29, 0.717) is 13.2 Å². The molecule has 2 heterocycles. The Hall–Kier alpha value is -1.18. The minimum absolute atomic E-state index is 0.0865. The van der Waals surface area contributed by atoms with E-state index >= 15 is 0 Å². The van der Waals surface area contributed by atoms with Crippen molar-refractivity contribution in [2.75, 3.05) is 32.8 Å². The number of nitrogens with zero attached hydrogens (tertiary/aromatic N) is 2. The van der Waals surface area contributed by atoms with Crippen molar-refractivity contribution in [3.8, 4) is 0 Å². The van der Waals surface area contributed by atoms with Crippen LogP contribution in [-0.2, 0) is 16.0 Å². The molecule has 0 amide bonds. The van der Waals surface area contributed by atoms with E-state index in [1.807, 2.05) is 13.0 Å². The molecule has 2 aliphatic rings. The average molecular weight is 414 g/mol. The van der Waals surface area contributed by atoms with E-state index in [0.717, 1.165) is 55.1 Å². The summed E-state index contributed by atoms with van der Waals surface area (Å²) < 4.78 is 26.0. The third-order valence-electron chi connectivity index (χ3n) is 4.44. The average Bonchev–Trinajstić information content (AvgIpc) is 3.12. The minimum atomic E-state index is -0.255. The van der Waals surface area contributed by atoms with Gasteiger partial charge in [0.15, 0.2) is 5.96 Å². The maximum absolute atomic E-state index is 13.5. The molecule has 0 spiro atoms. The molecule has 2 atom stereocenters. The van der Waals surface area contributed by atoms with E-state index in [1.54, 1.807) is 0 Å². The SMILES string of the molecule is CCNC(=NCc1cc(F)cc(Br)c1)N1CCOC(C2CCCO2)C1. The van der Waals surface area contributed by atoms with E-state index < -0.39 is 0 Å². The number of benzene rings is 1. The van der Waals surface area contributed by atoms with Gasteiger partial charge in [-0.3, -0.25) is 0 Å². The van der Waals surface area contributed by atoms with Gasteiger partial charge in [0.05, 0.1) is 19.3 Å². The number of morpholine rings is 1. The highest BCUT2D eigenvalue weighted by Gasteiger charge is 2.32. The zero-order chi connectivity index (χ0) is 17.6. The van der Waals surface area contributed by atoms with Crippen molar-refractivity contribution in [3.63, 3.8) is 0 Å². The van der Waals surface area contributed by atoms with Gasteiger partial charge in [-0.25, -0.2) is 9.38 Å². The quantitative estimate of drug-likeness (QED) is 0.608.